The van der Waals surface area contributed by atoms with Crippen molar-refractivity contribution in [3.8, 4) is 0 Å². The van der Waals surface area contributed by atoms with E-state index in [1.165, 1.54) is 10.8 Å². The van der Waals surface area contributed by atoms with Crippen LogP contribution in [0.15, 0.2) is 10.8 Å². The van der Waals surface area contributed by atoms with Gasteiger partial charge in [0, 0.05) is 21.9 Å². The molecule has 0 aliphatic rings. The first-order valence-corrected chi connectivity index (χ1v) is 6.35. The van der Waals surface area contributed by atoms with Gasteiger partial charge in [-0.05, 0) is 36.9 Å². The van der Waals surface area contributed by atoms with Crippen LogP contribution in [0.25, 0.3) is 0 Å². The van der Waals surface area contributed by atoms with Gasteiger partial charge in [0.1, 0.15) is 0 Å². The molecule has 2 aromatic rings. The van der Waals surface area contributed by atoms with E-state index < -0.39 is 11.9 Å². The summed E-state index contributed by atoms with van der Waals surface area (Å²) in [6.45, 7) is 3.28. The largest absolute Gasteiger partial charge is 2.00 e. The van der Waals surface area contributed by atoms with Crippen molar-refractivity contribution in [2.75, 3.05) is 0 Å². The van der Waals surface area contributed by atoms with Crippen LogP contribution >= 0.6 is 23.1 Å². The average molecular weight is 342 g/mol. The van der Waals surface area contributed by atoms with E-state index in [9.17, 15) is 19.8 Å². The van der Waals surface area contributed by atoms with Crippen LogP contribution in [0.3, 0.4) is 0 Å². The van der Waals surface area contributed by atoms with Gasteiger partial charge in [0.2, 0.25) is 0 Å². The van der Waals surface area contributed by atoms with Crippen molar-refractivity contribution >= 4 is 72.7 Å². The minimum absolute atomic E-state index is 0. The molecule has 104 valence electrons. The van der Waals surface area contributed by atoms with E-state index >= 15 is 0 Å². The van der Waals surface area contributed by atoms with E-state index in [1.54, 1.807) is 13.8 Å². The Balaban J connectivity index is 0. The van der Waals surface area contributed by atoms with Crippen molar-refractivity contribution in [2.45, 2.75) is 13.8 Å². The molecular formula is C10H10CaN2O5S2. The average Bonchev–Trinajstić information content (AvgIpc) is 2.87. The first-order valence-electron chi connectivity index (χ1n) is 4.68. The molecule has 0 amide bonds. The van der Waals surface area contributed by atoms with Crippen LogP contribution in [0.4, 0.5) is 0 Å². The smallest absolute Gasteiger partial charge is 0.545 e. The number of aromatic carboxylic acids is 2. The maximum absolute atomic E-state index is 10.1. The van der Waals surface area contributed by atoms with Crippen LogP contribution in [-0.4, -0.2) is 63.9 Å². The Morgan fingerprint density at radius 1 is 0.950 bits per heavy atom. The molecule has 2 N–H and O–H groups in total. The number of carbonyl (C=O) groups is 2. The van der Waals surface area contributed by atoms with Crippen LogP contribution in [0.5, 0.6) is 0 Å². The molecule has 0 unspecified atom stereocenters. The molecule has 0 fully saturated rings. The van der Waals surface area contributed by atoms with Gasteiger partial charge in [0.15, 0.2) is 0 Å². The van der Waals surface area contributed by atoms with Crippen LogP contribution in [0.2, 0.25) is 0 Å². The fraction of sp³-hybridized carbons (Fsp3) is 0.200. The van der Waals surface area contributed by atoms with Gasteiger partial charge in [0.05, 0.1) is 23.3 Å². The topological polar surface area (TPSA) is 138 Å². The standard InChI is InChI=1S/2C5H5NO2S.Ca.H2O/c2*1-3-4(5(7)8)2-9-6-3;;/h2*2H,1H3,(H,7,8);;1H2/q;;+2;/p-2. The molecule has 0 aliphatic heterocycles. The molecular weight excluding hydrogens is 332 g/mol. The van der Waals surface area contributed by atoms with Crippen LogP contribution in [0.1, 0.15) is 32.1 Å². The maximum atomic E-state index is 10.1. The molecule has 7 nitrogen and oxygen atoms in total. The summed E-state index contributed by atoms with van der Waals surface area (Å²) in [6.07, 6.45) is 0. The summed E-state index contributed by atoms with van der Waals surface area (Å²) >= 11 is 2.25. The van der Waals surface area contributed by atoms with E-state index in [-0.39, 0.29) is 54.3 Å². The number of carboxylic acids is 2. The van der Waals surface area contributed by atoms with Crippen LogP contribution < -0.4 is 10.2 Å². The fourth-order valence-corrected chi connectivity index (χ4v) is 2.34. The normalized spacial score (nSPS) is 8.50. The summed E-state index contributed by atoms with van der Waals surface area (Å²) in [5.41, 5.74) is 1.44. The molecule has 10 heteroatoms. The van der Waals surface area contributed by atoms with Gasteiger partial charge in [-0.1, -0.05) is 0 Å². The van der Waals surface area contributed by atoms with Crippen LogP contribution in [-0.2, 0) is 0 Å². The first-order chi connectivity index (χ1) is 8.43. The SMILES string of the molecule is Cc1nscc1C(=O)[O-].Cc1nscc1C(=O)[O-].O.[Ca+2]. The van der Waals surface area contributed by atoms with Gasteiger partial charge < -0.3 is 25.3 Å². The second-order valence-electron chi connectivity index (χ2n) is 3.20. The summed E-state index contributed by atoms with van der Waals surface area (Å²) in [4.78, 5) is 20.3. The third-order valence-electron chi connectivity index (χ3n) is 1.94. The minimum atomic E-state index is -1.15. The van der Waals surface area contributed by atoms with Crippen molar-refractivity contribution in [3.05, 3.63) is 33.3 Å². The maximum Gasteiger partial charge on any atom is 2.00 e. The molecule has 20 heavy (non-hydrogen) atoms. The van der Waals surface area contributed by atoms with E-state index in [0.717, 1.165) is 23.1 Å². The summed E-state index contributed by atoms with van der Waals surface area (Å²) in [6, 6.07) is 0. The third kappa shape index (κ3) is 6.25. The second kappa shape index (κ2) is 10.2. The second-order valence-corrected chi connectivity index (χ2v) is 4.46. The number of aryl methyl sites for hydroxylation is 2. The third-order valence-corrected chi connectivity index (χ3v) is 3.38. The van der Waals surface area contributed by atoms with Gasteiger partial charge in [-0.25, -0.2) is 0 Å². The summed E-state index contributed by atoms with van der Waals surface area (Å²) in [5.74, 6) is -2.30. The van der Waals surface area contributed by atoms with Crippen LogP contribution in [0, 0.1) is 13.8 Å². The Labute approximate surface area is 152 Å². The number of rotatable bonds is 2. The molecule has 2 rings (SSSR count). The van der Waals surface area contributed by atoms with E-state index in [1.807, 2.05) is 0 Å². The van der Waals surface area contributed by atoms with Crippen molar-refractivity contribution in [1.82, 2.24) is 8.75 Å². The Morgan fingerprint density at radius 3 is 1.35 bits per heavy atom. The van der Waals surface area contributed by atoms with Gasteiger partial charge in [-0.2, -0.15) is 8.75 Å². The number of nitrogens with zero attached hydrogens (tertiary/aromatic N) is 2. The number of hydrogen-bond acceptors (Lipinski definition) is 8. The Hall–Kier alpha value is -0.580. The van der Waals surface area contributed by atoms with Gasteiger partial charge >= 0.3 is 37.7 Å². The molecule has 0 bridgehead atoms. The van der Waals surface area contributed by atoms with E-state index in [4.69, 9.17) is 0 Å². The predicted molar refractivity (Wildman–Crippen MR) is 71.7 cm³/mol. The van der Waals surface area contributed by atoms with Gasteiger partial charge in [-0.3, -0.25) is 0 Å². The predicted octanol–water partition coefficient (Wildman–Crippen LogP) is -1.58. The molecule has 0 spiro atoms. The van der Waals surface area contributed by atoms with Crippen molar-refractivity contribution in [2.24, 2.45) is 0 Å². The van der Waals surface area contributed by atoms with Gasteiger partial charge in [0.25, 0.3) is 0 Å². The van der Waals surface area contributed by atoms with Crippen molar-refractivity contribution in [3.63, 3.8) is 0 Å². The number of hydrogen-bond donors (Lipinski definition) is 0. The molecule has 2 heterocycles. The van der Waals surface area contributed by atoms with E-state index in [0.29, 0.717) is 11.4 Å². The van der Waals surface area contributed by atoms with Crippen molar-refractivity contribution in [1.29, 1.82) is 0 Å². The molecule has 2 aromatic heterocycles. The zero-order valence-electron chi connectivity index (χ0n) is 10.7. The molecule has 0 saturated carbocycles. The number of aromatic nitrogens is 2. The number of carbonyl (C=O) groups excluding carboxylic acids is 2. The monoisotopic (exact) mass is 342 g/mol. The molecule has 0 saturated heterocycles. The van der Waals surface area contributed by atoms with Gasteiger partial charge in [-0.15, -0.1) is 0 Å². The van der Waals surface area contributed by atoms with E-state index in [2.05, 4.69) is 8.75 Å². The Morgan fingerprint density at radius 2 is 1.25 bits per heavy atom. The zero-order chi connectivity index (χ0) is 13.7. The minimum Gasteiger partial charge on any atom is -0.545 e. The summed E-state index contributed by atoms with van der Waals surface area (Å²) in [7, 11) is 0. The number of carboxylic acid groups (broad SMARTS) is 2. The first kappa shape index (κ1) is 21.7. The Bertz CT molecular complexity index is 519. The molecule has 0 atom stereocenters. The zero-order valence-corrected chi connectivity index (χ0v) is 14.5. The molecule has 0 aliphatic carbocycles. The van der Waals surface area contributed by atoms with Crippen molar-refractivity contribution < 1.29 is 25.3 Å². The summed E-state index contributed by atoms with van der Waals surface area (Å²) in [5, 5.41) is 23.2. The Kier molecular flexibility index (Phi) is 11.1. The molecule has 0 aromatic carbocycles. The summed E-state index contributed by atoms with van der Waals surface area (Å²) < 4.78 is 7.52. The molecule has 0 radical (unpaired) electrons. The fourth-order valence-electron chi connectivity index (χ4n) is 0.977. The quantitative estimate of drug-likeness (QED) is 0.604.